The minimum atomic E-state index is -0.239. The van der Waals surface area contributed by atoms with E-state index in [2.05, 4.69) is 21.2 Å². The highest BCUT2D eigenvalue weighted by molar-refractivity contribution is 9.10. The Balaban J connectivity index is 2.25. The van der Waals surface area contributed by atoms with Crippen molar-refractivity contribution in [3.63, 3.8) is 0 Å². The summed E-state index contributed by atoms with van der Waals surface area (Å²) in [5.74, 6) is -0.239. The Hall–Kier alpha value is -1.52. The lowest BCUT2D eigenvalue weighted by atomic mass is 10.2. The van der Waals surface area contributed by atoms with Crippen molar-refractivity contribution < 1.29 is 4.79 Å². The lowest BCUT2D eigenvalue weighted by Crippen LogP contribution is -2.13. The van der Waals surface area contributed by atoms with Gasteiger partial charge in [-0.3, -0.25) is 4.79 Å². The Morgan fingerprint density at radius 2 is 1.94 bits per heavy atom. The maximum atomic E-state index is 12.1. The van der Waals surface area contributed by atoms with Crippen LogP contribution in [-0.2, 0) is 0 Å². The van der Waals surface area contributed by atoms with Crippen molar-refractivity contribution in [1.82, 2.24) is 0 Å². The quantitative estimate of drug-likeness (QED) is 0.822. The highest BCUT2D eigenvalue weighted by Gasteiger charge is 2.11. The average molecular weight is 326 g/mol. The van der Waals surface area contributed by atoms with Gasteiger partial charge in [-0.2, -0.15) is 0 Å². The van der Waals surface area contributed by atoms with Crippen molar-refractivity contribution in [2.45, 2.75) is 0 Å². The molecule has 1 amide bonds. The van der Waals surface area contributed by atoms with E-state index in [0.717, 1.165) is 0 Å². The molecule has 2 aromatic rings. The molecular formula is C13H10BrClN2O. The van der Waals surface area contributed by atoms with Crippen LogP contribution in [0.3, 0.4) is 0 Å². The number of carbonyl (C=O) groups excluding carboxylic acids is 1. The molecule has 2 aromatic carbocycles. The van der Waals surface area contributed by atoms with Crippen molar-refractivity contribution in [2.24, 2.45) is 0 Å². The Kier molecular flexibility index (Phi) is 3.89. The van der Waals surface area contributed by atoms with E-state index in [9.17, 15) is 4.79 Å². The molecule has 0 radical (unpaired) electrons. The van der Waals surface area contributed by atoms with Crippen LogP contribution in [0, 0.1) is 0 Å². The minimum Gasteiger partial charge on any atom is -0.398 e. The molecule has 5 heteroatoms. The second-order valence-corrected chi connectivity index (χ2v) is 4.90. The molecule has 0 aliphatic rings. The number of hydrogen-bond acceptors (Lipinski definition) is 2. The summed E-state index contributed by atoms with van der Waals surface area (Å²) in [7, 11) is 0. The van der Waals surface area contributed by atoms with Gasteiger partial charge in [-0.25, -0.2) is 0 Å². The minimum absolute atomic E-state index is 0.239. The average Bonchev–Trinajstić information content (AvgIpc) is 2.32. The lowest BCUT2D eigenvalue weighted by Gasteiger charge is -2.08. The molecule has 0 saturated carbocycles. The third-order valence-electron chi connectivity index (χ3n) is 2.36. The van der Waals surface area contributed by atoms with Gasteiger partial charge in [0.2, 0.25) is 0 Å². The maximum Gasteiger partial charge on any atom is 0.256 e. The highest BCUT2D eigenvalue weighted by Crippen LogP contribution is 2.25. The molecule has 92 valence electrons. The molecule has 0 heterocycles. The molecular weight excluding hydrogens is 316 g/mol. The number of rotatable bonds is 2. The first kappa shape index (κ1) is 12.9. The first-order valence-corrected chi connectivity index (χ1v) is 6.36. The van der Waals surface area contributed by atoms with Crippen molar-refractivity contribution in [1.29, 1.82) is 0 Å². The summed E-state index contributed by atoms with van der Waals surface area (Å²) in [5, 5.41) is 3.33. The summed E-state index contributed by atoms with van der Waals surface area (Å²) < 4.78 is 0.588. The number of hydrogen-bond donors (Lipinski definition) is 2. The molecule has 0 aliphatic carbocycles. The third kappa shape index (κ3) is 2.83. The zero-order chi connectivity index (χ0) is 13.1. The normalized spacial score (nSPS) is 10.1. The summed E-state index contributed by atoms with van der Waals surface area (Å²) in [6, 6.07) is 12.1. The number of carbonyl (C=O) groups is 1. The van der Waals surface area contributed by atoms with E-state index in [0.29, 0.717) is 26.4 Å². The van der Waals surface area contributed by atoms with Gasteiger partial charge in [0, 0.05) is 16.4 Å². The fourth-order valence-electron chi connectivity index (χ4n) is 1.49. The predicted molar refractivity (Wildman–Crippen MR) is 78.0 cm³/mol. The molecule has 0 aliphatic heterocycles. The Bertz CT molecular complexity index is 601. The molecule has 0 fully saturated rings. The fraction of sp³-hybridized carbons (Fsp3) is 0. The zero-order valence-corrected chi connectivity index (χ0v) is 11.6. The molecule has 3 N–H and O–H groups in total. The van der Waals surface area contributed by atoms with Crippen LogP contribution in [0.4, 0.5) is 11.4 Å². The zero-order valence-electron chi connectivity index (χ0n) is 9.28. The standard InChI is InChI=1S/C13H10BrClN2O/c14-12-10(5-2-6-11(12)16)13(18)17-9-4-1-3-8(15)7-9/h1-7H,16H2,(H,17,18). The van der Waals surface area contributed by atoms with Crippen LogP contribution in [0.5, 0.6) is 0 Å². The lowest BCUT2D eigenvalue weighted by molar-refractivity contribution is 0.102. The number of nitrogen functional groups attached to an aromatic ring is 1. The first-order valence-electron chi connectivity index (χ1n) is 5.19. The van der Waals surface area contributed by atoms with Crippen LogP contribution in [0.25, 0.3) is 0 Å². The van der Waals surface area contributed by atoms with Crippen LogP contribution in [0.1, 0.15) is 10.4 Å². The second kappa shape index (κ2) is 5.42. The van der Waals surface area contributed by atoms with Gasteiger partial charge >= 0.3 is 0 Å². The van der Waals surface area contributed by atoms with Crippen LogP contribution >= 0.6 is 27.5 Å². The smallest absolute Gasteiger partial charge is 0.256 e. The van der Waals surface area contributed by atoms with Gasteiger partial charge in [-0.1, -0.05) is 23.7 Å². The molecule has 0 bridgehead atoms. The van der Waals surface area contributed by atoms with Gasteiger partial charge < -0.3 is 11.1 Å². The topological polar surface area (TPSA) is 55.1 Å². The Labute approximate surface area is 118 Å². The number of amides is 1. The Morgan fingerprint density at radius 3 is 2.67 bits per heavy atom. The van der Waals surface area contributed by atoms with Crippen molar-refractivity contribution >= 4 is 44.8 Å². The summed E-state index contributed by atoms with van der Waals surface area (Å²) in [6.07, 6.45) is 0. The van der Waals surface area contributed by atoms with Gasteiger partial charge in [0.25, 0.3) is 5.91 Å². The van der Waals surface area contributed by atoms with Crippen molar-refractivity contribution in [2.75, 3.05) is 11.1 Å². The van der Waals surface area contributed by atoms with E-state index in [1.54, 1.807) is 42.5 Å². The molecule has 0 saturated heterocycles. The van der Waals surface area contributed by atoms with Gasteiger partial charge in [0.15, 0.2) is 0 Å². The van der Waals surface area contributed by atoms with E-state index in [-0.39, 0.29) is 5.91 Å². The Morgan fingerprint density at radius 1 is 1.22 bits per heavy atom. The van der Waals surface area contributed by atoms with Gasteiger partial charge in [0.1, 0.15) is 0 Å². The predicted octanol–water partition coefficient (Wildman–Crippen LogP) is 3.94. The first-order chi connectivity index (χ1) is 8.58. The number of anilines is 2. The molecule has 18 heavy (non-hydrogen) atoms. The van der Waals surface area contributed by atoms with E-state index >= 15 is 0 Å². The van der Waals surface area contributed by atoms with Crippen LogP contribution < -0.4 is 11.1 Å². The third-order valence-corrected chi connectivity index (χ3v) is 3.48. The monoisotopic (exact) mass is 324 g/mol. The highest BCUT2D eigenvalue weighted by atomic mass is 79.9. The van der Waals surface area contributed by atoms with Crippen LogP contribution in [0.15, 0.2) is 46.9 Å². The number of nitrogens with one attached hydrogen (secondary N) is 1. The fourth-order valence-corrected chi connectivity index (χ4v) is 2.12. The molecule has 0 atom stereocenters. The van der Waals surface area contributed by atoms with E-state index in [1.165, 1.54) is 0 Å². The van der Waals surface area contributed by atoms with E-state index in [1.807, 2.05) is 0 Å². The summed E-state index contributed by atoms with van der Waals surface area (Å²) in [4.78, 5) is 12.1. The largest absolute Gasteiger partial charge is 0.398 e. The summed E-state index contributed by atoms with van der Waals surface area (Å²) >= 11 is 9.15. The summed E-state index contributed by atoms with van der Waals surface area (Å²) in [6.45, 7) is 0. The van der Waals surface area contributed by atoms with Gasteiger partial charge in [-0.15, -0.1) is 0 Å². The van der Waals surface area contributed by atoms with Crippen molar-refractivity contribution in [3.05, 3.63) is 57.5 Å². The van der Waals surface area contributed by atoms with Crippen LogP contribution in [-0.4, -0.2) is 5.91 Å². The molecule has 0 unspecified atom stereocenters. The molecule has 0 aromatic heterocycles. The SMILES string of the molecule is Nc1cccc(C(=O)Nc2cccc(Cl)c2)c1Br. The van der Waals surface area contributed by atoms with Gasteiger partial charge in [0.05, 0.1) is 10.0 Å². The van der Waals surface area contributed by atoms with Crippen molar-refractivity contribution in [3.8, 4) is 0 Å². The molecule has 3 nitrogen and oxygen atoms in total. The molecule has 2 rings (SSSR count). The molecule has 0 spiro atoms. The summed E-state index contributed by atoms with van der Waals surface area (Å²) in [5.41, 5.74) is 7.37. The van der Waals surface area contributed by atoms with Gasteiger partial charge in [-0.05, 0) is 46.3 Å². The van der Waals surface area contributed by atoms with E-state index in [4.69, 9.17) is 17.3 Å². The van der Waals surface area contributed by atoms with E-state index < -0.39 is 0 Å². The number of benzene rings is 2. The second-order valence-electron chi connectivity index (χ2n) is 3.67. The number of nitrogens with two attached hydrogens (primary N) is 1. The maximum absolute atomic E-state index is 12.1. The van der Waals surface area contributed by atoms with Crippen LogP contribution in [0.2, 0.25) is 5.02 Å². The number of halogens is 2.